The fraction of sp³-hybridized carbons (Fsp3) is 0.250. The summed E-state index contributed by atoms with van der Waals surface area (Å²) in [6.45, 7) is -0.360. The van der Waals surface area contributed by atoms with Crippen molar-refractivity contribution < 1.29 is 29.3 Å². The molecule has 0 radical (unpaired) electrons. The highest BCUT2D eigenvalue weighted by molar-refractivity contribution is 6.09. The van der Waals surface area contributed by atoms with Gasteiger partial charge in [0.2, 0.25) is 0 Å². The number of carboxylic acid groups (broad SMARTS) is 1. The van der Waals surface area contributed by atoms with Crippen LogP contribution in [0.4, 0.5) is 5.69 Å². The van der Waals surface area contributed by atoms with Gasteiger partial charge in [0.05, 0.1) is 48.7 Å². The van der Waals surface area contributed by atoms with Crippen LogP contribution in [0.1, 0.15) is 15.9 Å². The first-order valence-electron chi connectivity index (χ1n) is 7.19. The first kappa shape index (κ1) is 18.0. The second-order valence-electron chi connectivity index (χ2n) is 5.10. The number of aliphatic hydroxyl groups is 1. The zero-order valence-electron chi connectivity index (χ0n) is 13.3. The van der Waals surface area contributed by atoms with Crippen molar-refractivity contribution in [2.24, 2.45) is 0 Å². The number of ether oxygens (including phenoxy) is 1. The minimum atomic E-state index is -1.26. The summed E-state index contributed by atoms with van der Waals surface area (Å²) < 4.78 is 4.65. The van der Waals surface area contributed by atoms with Crippen molar-refractivity contribution in [3.63, 3.8) is 0 Å². The number of nitrogens with one attached hydrogen (secondary N) is 1. The van der Waals surface area contributed by atoms with Crippen LogP contribution in [-0.2, 0) is 14.3 Å². The largest absolute Gasteiger partial charge is 0.478 e. The van der Waals surface area contributed by atoms with Crippen LogP contribution in [0, 0.1) is 11.3 Å². The predicted octanol–water partition coefficient (Wildman–Crippen LogP) is -0.0700. The Hall–Kier alpha value is -3.38. The number of methoxy groups -OCH3 is 1. The molecule has 1 aliphatic rings. The lowest BCUT2D eigenvalue weighted by Gasteiger charge is -2.15. The molecular formula is C16H15N3O6. The zero-order valence-corrected chi connectivity index (χ0v) is 13.3. The van der Waals surface area contributed by atoms with Crippen LogP contribution in [-0.4, -0.2) is 59.8 Å². The lowest BCUT2D eigenvalue weighted by molar-refractivity contribution is -0.136. The molecule has 0 bridgehead atoms. The van der Waals surface area contributed by atoms with Gasteiger partial charge in [-0.2, -0.15) is 5.26 Å². The molecule has 1 aliphatic heterocycles. The summed E-state index contributed by atoms with van der Waals surface area (Å²) in [5.74, 6) is -2.58. The Kier molecular flexibility index (Phi) is 5.36. The summed E-state index contributed by atoms with van der Waals surface area (Å²) in [5, 5.41) is 29.9. The fourth-order valence-electron chi connectivity index (χ4n) is 2.39. The quantitative estimate of drug-likeness (QED) is 0.609. The third-order valence-corrected chi connectivity index (χ3v) is 3.59. The molecule has 1 aromatic rings. The van der Waals surface area contributed by atoms with Crippen molar-refractivity contribution in [1.29, 1.82) is 5.26 Å². The molecule has 130 valence electrons. The van der Waals surface area contributed by atoms with E-state index in [-0.39, 0.29) is 47.8 Å². The number of aliphatic hydroxyl groups excluding tert-OH is 1. The molecule has 9 nitrogen and oxygen atoms in total. The van der Waals surface area contributed by atoms with E-state index in [4.69, 9.17) is 10.4 Å². The summed E-state index contributed by atoms with van der Waals surface area (Å²) in [4.78, 5) is 36.9. The molecule has 25 heavy (non-hydrogen) atoms. The third kappa shape index (κ3) is 3.59. The monoisotopic (exact) mass is 345 g/mol. The van der Waals surface area contributed by atoms with Gasteiger partial charge in [0.1, 0.15) is 5.70 Å². The van der Waals surface area contributed by atoms with Crippen molar-refractivity contribution in [2.75, 3.05) is 32.1 Å². The minimum Gasteiger partial charge on any atom is -0.478 e. The molecule has 9 heteroatoms. The van der Waals surface area contributed by atoms with Gasteiger partial charge in [0, 0.05) is 6.54 Å². The number of rotatable bonds is 6. The zero-order chi connectivity index (χ0) is 18.6. The number of esters is 1. The van der Waals surface area contributed by atoms with Crippen LogP contribution in [0.2, 0.25) is 0 Å². The van der Waals surface area contributed by atoms with Crippen molar-refractivity contribution in [3.05, 3.63) is 40.6 Å². The first-order valence-corrected chi connectivity index (χ1v) is 7.19. The van der Waals surface area contributed by atoms with Crippen LogP contribution in [0.5, 0.6) is 0 Å². The van der Waals surface area contributed by atoms with E-state index in [2.05, 4.69) is 10.1 Å². The number of nitrogens with zero attached hydrogens (tertiary/aromatic N) is 2. The standard InChI is InChI=1S/C16H15N3O6/c1-25-16(24)11-8-19(4-5-20)14(21)13(11)18-12-6-9(7-17)2-3-10(12)15(22)23/h2-3,6,18,20H,4-5,8H2,1H3,(H,22,23). The number of β-amino-alcohol motifs (C(OH)–C–C–N with tert-alkyl or cyclic N) is 1. The lowest BCUT2D eigenvalue weighted by Crippen LogP contribution is -2.31. The number of nitriles is 1. The van der Waals surface area contributed by atoms with Gasteiger partial charge in [-0.1, -0.05) is 0 Å². The second kappa shape index (κ2) is 7.46. The van der Waals surface area contributed by atoms with Crippen LogP contribution >= 0.6 is 0 Å². The molecule has 1 aromatic carbocycles. The van der Waals surface area contributed by atoms with Crippen molar-refractivity contribution >= 4 is 23.5 Å². The van der Waals surface area contributed by atoms with E-state index in [0.29, 0.717) is 0 Å². The number of carbonyl (C=O) groups is 3. The Bertz CT molecular complexity index is 809. The average Bonchev–Trinajstić information content (AvgIpc) is 2.90. The number of carboxylic acids is 1. The van der Waals surface area contributed by atoms with Crippen LogP contribution in [0.25, 0.3) is 0 Å². The maximum atomic E-state index is 12.4. The minimum absolute atomic E-state index is 0.00199. The maximum absolute atomic E-state index is 12.4. The topological polar surface area (TPSA) is 140 Å². The molecular weight excluding hydrogens is 330 g/mol. The molecule has 0 unspecified atom stereocenters. The van der Waals surface area contributed by atoms with Gasteiger partial charge < -0.3 is 25.2 Å². The van der Waals surface area contributed by atoms with Gasteiger partial charge in [-0.05, 0) is 18.2 Å². The number of hydrogen-bond donors (Lipinski definition) is 3. The molecule has 3 N–H and O–H groups in total. The highest BCUT2D eigenvalue weighted by Crippen LogP contribution is 2.25. The van der Waals surface area contributed by atoms with E-state index in [1.54, 1.807) is 0 Å². The summed E-state index contributed by atoms with van der Waals surface area (Å²) in [6.07, 6.45) is 0. The molecule has 1 amide bonds. The van der Waals surface area contributed by atoms with Crippen LogP contribution < -0.4 is 5.32 Å². The van der Waals surface area contributed by atoms with Gasteiger partial charge in [-0.3, -0.25) is 4.79 Å². The van der Waals surface area contributed by atoms with E-state index < -0.39 is 17.8 Å². The highest BCUT2D eigenvalue weighted by atomic mass is 16.5. The van der Waals surface area contributed by atoms with E-state index in [9.17, 15) is 19.5 Å². The Morgan fingerprint density at radius 3 is 2.72 bits per heavy atom. The summed E-state index contributed by atoms with van der Waals surface area (Å²) in [6, 6.07) is 5.71. The third-order valence-electron chi connectivity index (χ3n) is 3.59. The number of amides is 1. The molecule has 0 aromatic heterocycles. The number of hydrogen-bond acceptors (Lipinski definition) is 7. The highest BCUT2D eigenvalue weighted by Gasteiger charge is 2.35. The normalized spacial score (nSPS) is 13.6. The maximum Gasteiger partial charge on any atom is 0.337 e. The molecule has 0 fully saturated rings. The Balaban J connectivity index is 2.48. The van der Waals surface area contributed by atoms with Gasteiger partial charge in [-0.25, -0.2) is 9.59 Å². The predicted molar refractivity (Wildman–Crippen MR) is 84.4 cm³/mol. The fourth-order valence-corrected chi connectivity index (χ4v) is 2.39. The SMILES string of the molecule is COC(=O)C1=C(Nc2cc(C#N)ccc2C(=O)O)C(=O)N(CCO)C1. The van der Waals surface area contributed by atoms with E-state index in [1.165, 1.54) is 23.1 Å². The molecule has 1 heterocycles. The Morgan fingerprint density at radius 2 is 2.16 bits per heavy atom. The van der Waals surface area contributed by atoms with Crippen LogP contribution in [0.15, 0.2) is 29.5 Å². The Labute approximate surface area is 142 Å². The first-order chi connectivity index (χ1) is 11.9. The average molecular weight is 345 g/mol. The summed E-state index contributed by atoms with van der Waals surface area (Å²) in [5.41, 5.74) is -0.103. The van der Waals surface area contributed by atoms with Crippen molar-refractivity contribution in [1.82, 2.24) is 4.90 Å². The number of benzene rings is 1. The molecule has 0 atom stereocenters. The van der Waals surface area contributed by atoms with E-state index in [0.717, 1.165) is 7.11 Å². The number of carbonyl (C=O) groups excluding carboxylic acids is 2. The van der Waals surface area contributed by atoms with Gasteiger partial charge in [0.25, 0.3) is 5.91 Å². The van der Waals surface area contributed by atoms with Gasteiger partial charge in [0.15, 0.2) is 0 Å². The lowest BCUT2D eigenvalue weighted by atomic mass is 10.1. The molecule has 0 aliphatic carbocycles. The van der Waals surface area contributed by atoms with Crippen molar-refractivity contribution in [3.8, 4) is 6.07 Å². The van der Waals surface area contributed by atoms with E-state index >= 15 is 0 Å². The second-order valence-corrected chi connectivity index (χ2v) is 5.10. The Morgan fingerprint density at radius 1 is 1.44 bits per heavy atom. The van der Waals surface area contributed by atoms with E-state index in [1.807, 2.05) is 6.07 Å². The number of anilines is 1. The molecule has 2 rings (SSSR count). The smallest absolute Gasteiger partial charge is 0.337 e. The van der Waals surface area contributed by atoms with Crippen LogP contribution in [0.3, 0.4) is 0 Å². The van der Waals surface area contributed by atoms with Gasteiger partial charge in [-0.15, -0.1) is 0 Å². The molecule has 0 saturated carbocycles. The summed E-state index contributed by atoms with van der Waals surface area (Å²) in [7, 11) is 1.16. The van der Waals surface area contributed by atoms with Gasteiger partial charge >= 0.3 is 11.9 Å². The summed E-state index contributed by atoms with van der Waals surface area (Å²) >= 11 is 0. The van der Waals surface area contributed by atoms with Crippen molar-refractivity contribution in [2.45, 2.75) is 0 Å². The number of aromatic carboxylic acids is 1. The molecule has 0 saturated heterocycles. The molecule has 0 spiro atoms.